The van der Waals surface area contributed by atoms with Crippen LogP contribution >= 0.6 is 0 Å². The third-order valence-electron chi connectivity index (χ3n) is 4.16. The van der Waals surface area contributed by atoms with Crippen LogP contribution in [0, 0.1) is 11.3 Å². The summed E-state index contributed by atoms with van der Waals surface area (Å²) in [5, 5.41) is 0. The van der Waals surface area contributed by atoms with E-state index in [1.54, 1.807) is 0 Å². The number of carbonyl (C=O) groups is 1. The van der Waals surface area contributed by atoms with E-state index < -0.39 is 0 Å². The molecule has 3 nitrogen and oxygen atoms in total. The Labute approximate surface area is 83.8 Å². The van der Waals surface area contributed by atoms with Crippen molar-refractivity contribution in [3.63, 3.8) is 0 Å². The van der Waals surface area contributed by atoms with E-state index in [1.165, 1.54) is 0 Å². The molecule has 78 valence electrons. The molecular weight excluding hydrogens is 180 g/mol. The largest absolute Gasteiger partial charge is 0.373 e. The average Bonchev–Trinajstić information content (AvgIpc) is 2.16. The summed E-state index contributed by atoms with van der Waals surface area (Å²) in [6, 6.07) is 0. The van der Waals surface area contributed by atoms with Gasteiger partial charge in [0.25, 0.3) is 0 Å². The topological polar surface area (TPSA) is 35.5 Å². The average molecular weight is 196 g/mol. The third kappa shape index (κ3) is 0.920. The molecular formula is C11H16O3. The molecule has 3 heteroatoms. The summed E-state index contributed by atoms with van der Waals surface area (Å²) in [7, 11) is 0. The van der Waals surface area contributed by atoms with E-state index in [-0.39, 0.29) is 23.5 Å². The highest BCUT2D eigenvalue weighted by Crippen LogP contribution is 2.57. The molecule has 4 atom stereocenters. The van der Waals surface area contributed by atoms with Gasteiger partial charge in [0.15, 0.2) is 0 Å². The first-order valence-electron chi connectivity index (χ1n) is 5.49. The van der Waals surface area contributed by atoms with Crippen LogP contribution in [0.5, 0.6) is 0 Å². The lowest BCUT2D eigenvalue weighted by atomic mass is 9.50. The summed E-state index contributed by atoms with van der Waals surface area (Å²) < 4.78 is 11.4. The van der Waals surface area contributed by atoms with Crippen molar-refractivity contribution in [1.29, 1.82) is 0 Å². The summed E-state index contributed by atoms with van der Waals surface area (Å²) in [5.74, 6) is 0.520. The van der Waals surface area contributed by atoms with Gasteiger partial charge in [-0.3, -0.25) is 4.79 Å². The Bertz CT molecular complexity index is 276. The van der Waals surface area contributed by atoms with Crippen LogP contribution in [-0.2, 0) is 14.3 Å². The monoisotopic (exact) mass is 196 g/mol. The summed E-state index contributed by atoms with van der Waals surface area (Å²) in [5.41, 5.74) is 0.0837. The second-order valence-corrected chi connectivity index (χ2v) is 4.93. The number of ether oxygens (including phenoxy) is 2. The standard InChI is InChI=1S/C11H16O3/c1-11-4-2-3-7(12)8(11)9-10(11)14-6-5-13-9/h8-10H,2-6H2,1H3/t8?,9-,10-,11?/m0/s1. The van der Waals surface area contributed by atoms with E-state index in [4.69, 9.17) is 9.47 Å². The highest BCUT2D eigenvalue weighted by atomic mass is 16.6. The number of carbonyl (C=O) groups excluding carboxylic acids is 1. The third-order valence-corrected chi connectivity index (χ3v) is 4.16. The van der Waals surface area contributed by atoms with Crippen LogP contribution in [0.1, 0.15) is 26.2 Å². The Morgan fingerprint density at radius 3 is 3.00 bits per heavy atom. The maximum Gasteiger partial charge on any atom is 0.139 e. The van der Waals surface area contributed by atoms with E-state index in [0.29, 0.717) is 19.0 Å². The van der Waals surface area contributed by atoms with E-state index >= 15 is 0 Å². The lowest BCUT2D eigenvalue weighted by molar-refractivity contribution is -0.285. The maximum atomic E-state index is 11.8. The van der Waals surface area contributed by atoms with Gasteiger partial charge in [-0.25, -0.2) is 0 Å². The zero-order valence-corrected chi connectivity index (χ0v) is 8.49. The van der Waals surface area contributed by atoms with Crippen LogP contribution in [0.25, 0.3) is 0 Å². The van der Waals surface area contributed by atoms with Crippen molar-refractivity contribution in [1.82, 2.24) is 0 Å². The number of Topliss-reactive ketones (excluding diaryl/α,β-unsaturated/α-hetero) is 1. The number of hydrogen-bond acceptors (Lipinski definition) is 3. The number of rotatable bonds is 0. The number of fused-ring (bicyclic) bond motifs is 4. The minimum absolute atomic E-state index is 0.0709. The van der Waals surface area contributed by atoms with Crippen molar-refractivity contribution in [2.24, 2.45) is 11.3 Å². The van der Waals surface area contributed by atoms with Gasteiger partial charge in [0, 0.05) is 11.8 Å². The fourth-order valence-electron chi connectivity index (χ4n) is 3.46. The van der Waals surface area contributed by atoms with Crippen LogP contribution in [0.3, 0.4) is 0 Å². The molecule has 1 saturated heterocycles. The molecule has 0 N–H and O–H groups in total. The molecule has 0 aromatic carbocycles. The fourth-order valence-corrected chi connectivity index (χ4v) is 3.46. The minimum Gasteiger partial charge on any atom is -0.373 e. The van der Waals surface area contributed by atoms with Crippen molar-refractivity contribution in [3.8, 4) is 0 Å². The Balaban J connectivity index is 1.88. The second kappa shape index (κ2) is 2.80. The zero-order chi connectivity index (χ0) is 9.76. The molecule has 0 amide bonds. The van der Waals surface area contributed by atoms with Gasteiger partial charge in [0.1, 0.15) is 5.78 Å². The molecule has 14 heavy (non-hydrogen) atoms. The molecule has 2 saturated carbocycles. The Morgan fingerprint density at radius 1 is 1.36 bits per heavy atom. The lowest BCUT2D eigenvalue weighted by Gasteiger charge is -2.61. The van der Waals surface area contributed by atoms with Crippen molar-refractivity contribution in [3.05, 3.63) is 0 Å². The molecule has 2 aliphatic carbocycles. The van der Waals surface area contributed by atoms with Crippen molar-refractivity contribution < 1.29 is 14.3 Å². The van der Waals surface area contributed by atoms with Gasteiger partial charge >= 0.3 is 0 Å². The maximum absolute atomic E-state index is 11.8. The molecule has 0 bridgehead atoms. The second-order valence-electron chi connectivity index (χ2n) is 4.93. The summed E-state index contributed by atoms with van der Waals surface area (Å²) in [6.45, 7) is 3.53. The first kappa shape index (κ1) is 8.86. The van der Waals surface area contributed by atoms with Gasteiger partial charge in [-0.2, -0.15) is 0 Å². The quantitative estimate of drug-likeness (QED) is 0.583. The molecule has 0 radical (unpaired) electrons. The molecule has 3 rings (SSSR count). The first-order chi connectivity index (χ1) is 6.73. The Hall–Kier alpha value is -0.410. The van der Waals surface area contributed by atoms with Gasteiger partial charge in [-0.1, -0.05) is 6.92 Å². The Morgan fingerprint density at radius 2 is 2.14 bits per heavy atom. The highest BCUT2D eigenvalue weighted by Gasteiger charge is 2.65. The molecule has 0 aromatic heterocycles. The van der Waals surface area contributed by atoms with Crippen LogP contribution in [-0.4, -0.2) is 31.2 Å². The minimum atomic E-state index is 0.0709. The van der Waals surface area contributed by atoms with E-state index in [9.17, 15) is 4.79 Å². The Kier molecular flexibility index (Phi) is 1.77. The first-order valence-corrected chi connectivity index (χ1v) is 5.49. The van der Waals surface area contributed by atoms with Crippen LogP contribution < -0.4 is 0 Å². The van der Waals surface area contributed by atoms with E-state index in [1.807, 2.05) is 0 Å². The van der Waals surface area contributed by atoms with E-state index in [0.717, 1.165) is 19.3 Å². The highest BCUT2D eigenvalue weighted by molar-refractivity contribution is 5.85. The molecule has 3 aliphatic rings. The van der Waals surface area contributed by atoms with Gasteiger partial charge in [0.2, 0.25) is 0 Å². The SMILES string of the molecule is CC12CCCC(=O)C1[C@@H]1OCCO[C@@H]12. The summed E-state index contributed by atoms with van der Waals surface area (Å²) >= 11 is 0. The van der Waals surface area contributed by atoms with Crippen LogP contribution in [0.15, 0.2) is 0 Å². The van der Waals surface area contributed by atoms with E-state index in [2.05, 4.69) is 6.92 Å². The normalized spacial score (nSPS) is 51.8. The molecule has 1 heterocycles. The predicted molar refractivity (Wildman–Crippen MR) is 49.9 cm³/mol. The van der Waals surface area contributed by atoms with Crippen molar-refractivity contribution in [2.45, 2.75) is 38.4 Å². The summed E-state index contributed by atoms with van der Waals surface area (Å²) in [4.78, 5) is 11.8. The molecule has 0 spiro atoms. The van der Waals surface area contributed by atoms with Crippen LogP contribution in [0.2, 0.25) is 0 Å². The smallest absolute Gasteiger partial charge is 0.139 e. The predicted octanol–water partition coefficient (Wildman–Crippen LogP) is 1.16. The van der Waals surface area contributed by atoms with Crippen molar-refractivity contribution >= 4 is 5.78 Å². The number of hydrogen-bond donors (Lipinski definition) is 0. The van der Waals surface area contributed by atoms with Crippen molar-refractivity contribution in [2.75, 3.05) is 13.2 Å². The van der Waals surface area contributed by atoms with Crippen LogP contribution in [0.4, 0.5) is 0 Å². The lowest BCUT2D eigenvalue weighted by Crippen LogP contribution is -2.70. The van der Waals surface area contributed by atoms with Gasteiger partial charge in [-0.15, -0.1) is 0 Å². The van der Waals surface area contributed by atoms with Gasteiger partial charge in [-0.05, 0) is 12.8 Å². The zero-order valence-electron chi connectivity index (χ0n) is 8.49. The summed E-state index contributed by atoms with van der Waals surface area (Å²) in [6.07, 6.45) is 3.14. The molecule has 3 fully saturated rings. The molecule has 1 aliphatic heterocycles. The number of ketones is 1. The van der Waals surface area contributed by atoms with Gasteiger partial charge in [0.05, 0.1) is 31.3 Å². The van der Waals surface area contributed by atoms with Gasteiger partial charge < -0.3 is 9.47 Å². The molecule has 2 unspecified atom stereocenters. The molecule has 0 aromatic rings. The fraction of sp³-hybridized carbons (Fsp3) is 0.909.